The number of fused-ring (bicyclic) bond motifs is 1. The largest absolute Gasteiger partial charge is 0.496 e. The number of benzene rings is 1. The van der Waals surface area contributed by atoms with Crippen molar-refractivity contribution in [1.82, 2.24) is 14.9 Å². The van der Waals surface area contributed by atoms with Crippen LogP contribution >= 0.6 is 11.3 Å². The third-order valence-electron chi connectivity index (χ3n) is 4.92. The third-order valence-corrected chi connectivity index (χ3v) is 5.75. The molecule has 142 valence electrons. The average molecular weight is 385 g/mol. The number of thiazole rings is 1. The number of hydrogen-bond donors (Lipinski definition) is 2. The number of piperazine rings is 1. The Balaban J connectivity index is 1.35. The average Bonchev–Trinajstić information content (AvgIpc) is 3.38. The van der Waals surface area contributed by atoms with Gasteiger partial charge < -0.3 is 25.3 Å². The van der Waals surface area contributed by atoms with Gasteiger partial charge in [0.1, 0.15) is 5.75 Å². The van der Waals surface area contributed by atoms with Crippen molar-refractivity contribution in [3.63, 3.8) is 0 Å². The van der Waals surface area contributed by atoms with Crippen molar-refractivity contribution in [2.75, 3.05) is 44.7 Å². The Morgan fingerprint density at radius 1 is 1.33 bits per heavy atom. The van der Waals surface area contributed by atoms with Gasteiger partial charge in [-0.1, -0.05) is 6.07 Å². The molecule has 3 heterocycles. The summed E-state index contributed by atoms with van der Waals surface area (Å²) in [6, 6.07) is 6.03. The fourth-order valence-electron chi connectivity index (χ4n) is 3.48. The zero-order valence-electron chi connectivity index (χ0n) is 15.4. The van der Waals surface area contributed by atoms with E-state index in [1.165, 1.54) is 5.56 Å². The Kier molecular flexibility index (Phi) is 5.15. The molecule has 7 nitrogen and oxygen atoms in total. The molecule has 1 aromatic carbocycles. The molecule has 0 atom stereocenters. The SMILES string of the molecule is COc1cccc2[nH]cc(CCN=C(N)N3CCN(c4nccs4)CC3)c12. The van der Waals surface area contributed by atoms with Crippen molar-refractivity contribution in [2.24, 2.45) is 10.7 Å². The molecule has 0 spiro atoms. The number of H-pyrrole nitrogens is 1. The first-order chi connectivity index (χ1) is 13.3. The van der Waals surface area contributed by atoms with Crippen LogP contribution in [0.1, 0.15) is 5.56 Å². The van der Waals surface area contributed by atoms with Crippen LogP contribution in [0.25, 0.3) is 10.9 Å². The Morgan fingerprint density at radius 2 is 2.19 bits per heavy atom. The van der Waals surface area contributed by atoms with Gasteiger partial charge in [-0.25, -0.2) is 4.98 Å². The first-order valence-corrected chi connectivity index (χ1v) is 9.96. The van der Waals surface area contributed by atoms with Crippen LogP contribution in [-0.2, 0) is 6.42 Å². The number of rotatable bonds is 5. The van der Waals surface area contributed by atoms with Gasteiger partial charge in [0.2, 0.25) is 0 Å². The molecule has 0 radical (unpaired) electrons. The molecule has 1 saturated heterocycles. The Hall–Kier alpha value is -2.74. The number of aromatic nitrogens is 2. The highest BCUT2D eigenvalue weighted by molar-refractivity contribution is 7.13. The molecule has 3 aromatic rings. The summed E-state index contributed by atoms with van der Waals surface area (Å²) in [4.78, 5) is 16.7. The number of methoxy groups -OCH3 is 1. The number of nitrogens with one attached hydrogen (secondary N) is 1. The predicted molar refractivity (Wildman–Crippen MR) is 111 cm³/mol. The quantitative estimate of drug-likeness (QED) is 0.521. The zero-order valence-corrected chi connectivity index (χ0v) is 16.2. The van der Waals surface area contributed by atoms with Crippen LogP contribution in [-0.4, -0.2) is 60.7 Å². The molecule has 1 aliphatic heterocycles. The Bertz CT molecular complexity index is 912. The molecule has 0 unspecified atom stereocenters. The minimum atomic E-state index is 0.626. The lowest BCUT2D eigenvalue weighted by molar-refractivity contribution is 0.380. The van der Waals surface area contributed by atoms with Gasteiger partial charge in [0.25, 0.3) is 0 Å². The lowest BCUT2D eigenvalue weighted by Crippen LogP contribution is -2.51. The van der Waals surface area contributed by atoms with E-state index in [2.05, 4.69) is 30.8 Å². The van der Waals surface area contributed by atoms with Gasteiger partial charge in [0.15, 0.2) is 11.1 Å². The van der Waals surface area contributed by atoms with E-state index >= 15 is 0 Å². The summed E-state index contributed by atoms with van der Waals surface area (Å²) >= 11 is 1.68. The van der Waals surface area contributed by atoms with Crippen LogP contribution in [0, 0.1) is 0 Å². The van der Waals surface area contributed by atoms with E-state index in [9.17, 15) is 0 Å². The number of nitrogens with two attached hydrogens (primary N) is 1. The fraction of sp³-hybridized carbons (Fsp3) is 0.368. The van der Waals surface area contributed by atoms with Gasteiger partial charge in [-0.05, 0) is 24.1 Å². The number of guanidine groups is 1. The van der Waals surface area contributed by atoms with Crippen molar-refractivity contribution >= 4 is 33.3 Å². The summed E-state index contributed by atoms with van der Waals surface area (Å²) < 4.78 is 5.49. The van der Waals surface area contributed by atoms with Crippen LogP contribution < -0.4 is 15.4 Å². The molecule has 3 N–H and O–H groups in total. The maximum absolute atomic E-state index is 6.23. The number of hydrogen-bond acceptors (Lipinski definition) is 5. The molecule has 8 heteroatoms. The second-order valence-electron chi connectivity index (χ2n) is 6.48. The van der Waals surface area contributed by atoms with Crippen LogP contribution in [0.3, 0.4) is 0 Å². The summed E-state index contributed by atoms with van der Waals surface area (Å²) in [5, 5.41) is 4.22. The summed E-state index contributed by atoms with van der Waals surface area (Å²) in [6.07, 6.45) is 4.70. The highest BCUT2D eigenvalue weighted by atomic mass is 32.1. The summed E-state index contributed by atoms with van der Waals surface area (Å²) in [7, 11) is 1.70. The second kappa shape index (κ2) is 7.87. The summed E-state index contributed by atoms with van der Waals surface area (Å²) in [5.41, 5.74) is 8.52. The molecule has 2 aromatic heterocycles. The van der Waals surface area contributed by atoms with Crippen LogP contribution in [0.4, 0.5) is 5.13 Å². The van der Waals surface area contributed by atoms with Crippen molar-refractivity contribution in [1.29, 1.82) is 0 Å². The number of aliphatic imine (C=N–C) groups is 1. The smallest absolute Gasteiger partial charge is 0.191 e. The van der Waals surface area contributed by atoms with E-state index in [1.54, 1.807) is 18.4 Å². The molecule has 1 aliphatic rings. The number of aromatic amines is 1. The van der Waals surface area contributed by atoms with Crippen molar-refractivity contribution in [3.05, 3.63) is 41.5 Å². The molecule has 0 amide bonds. The lowest BCUT2D eigenvalue weighted by atomic mass is 10.1. The highest BCUT2D eigenvalue weighted by Crippen LogP contribution is 2.28. The zero-order chi connectivity index (χ0) is 18.6. The van der Waals surface area contributed by atoms with Gasteiger partial charge in [0, 0.05) is 61.4 Å². The first-order valence-electron chi connectivity index (χ1n) is 9.08. The Morgan fingerprint density at radius 3 is 2.93 bits per heavy atom. The molecule has 4 rings (SSSR count). The molecule has 0 bridgehead atoms. The lowest BCUT2D eigenvalue weighted by Gasteiger charge is -2.35. The molecular formula is C19H24N6OS. The van der Waals surface area contributed by atoms with Crippen LogP contribution in [0.2, 0.25) is 0 Å². The fourth-order valence-corrected chi connectivity index (χ4v) is 4.17. The van der Waals surface area contributed by atoms with E-state index in [-0.39, 0.29) is 0 Å². The normalized spacial score (nSPS) is 15.5. The molecule has 0 aliphatic carbocycles. The van der Waals surface area contributed by atoms with E-state index in [0.29, 0.717) is 12.5 Å². The van der Waals surface area contributed by atoms with Gasteiger partial charge in [-0.3, -0.25) is 4.99 Å². The second-order valence-corrected chi connectivity index (χ2v) is 7.35. The Labute approximate surface area is 162 Å². The van der Waals surface area contributed by atoms with E-state index in [0.717, 1.165) is 54.4 Å². The molecule has 0 saturated carbocycles. The van der Waals surface area contributed by atoms with Crippen molar-refractivity contribution in [2.45, 2.75) is 6.42 Å². The topological polar surface area (TPSA) is 82.8 Å². The monoisotopic (exact) mass is 384 g/mol. The molecular weight excluding hydrogens is 360 g/mol. The van der Waals surface area contributed by atoms with Crippen molar-refractivity contribution < 1.29 is 4.74 Å². The van der Waals surface area contributed by atoms with Gasteiger partial charge >= 0.3 is 0 Å². The maximum atomic E-state index is 6.23. The number of nitrogens with zero attached hydrogens (tertiary/aromatic N) is 4. The first kappa shape index (κ1) is 17.7. The predicted octanol–water partition coefficient (Wildman–Crippen LogP) is 2.31. The minimum Gasteiger partial charge on any atom is -0.496 e. The minimum absolute atomic E-state index is 0.626. The van der Waals surface area contributed by atoms with Gasteiger partial charge in [0.05, 0.1) is 7.11 Å². The van der Waals surface area contributed by atoms with E-state index < -0.39 is 0 Å². The summed E-state index contributed by atoms with van der Waals surface area (Å²) in [6.45, 7) is 4.24. The highest BCUT2D eigenvalue weighted by Gasteiger charge is 2.19. The van der Waals surface area contributed by atoms with Crippen LogP contribution in [0.5, 0.6) is 5.75 Å². The number of anilines is 1. The van der Waals surface area contributed by atoms with Gasteiger partial charge in [-0.15, -0.1) is 11.3 Å². The van der Waals surface area contributed by atoms with Gasteiger partial charge in [-0.2, -0.15) is 0 Å². The third kappa shape index (κ3) is 3.71. The standard InChI is InChI=1S/C19H24N6OS/c1-26-16-4-2-3-15-17(16)14(13-23-15)5-6-21-18(20)24-8-10-25(11-9-24)19-22-7-12-27-19/h2-4,7,12-13,23H,5-6,8-11H2,1H3,(H2,20,21). The van der Waals surface area contributed by atoms with E-state index in [4.69, 9.17) is 10.5 Å². The van der Waals surface area contributed by atoms with Crippen molar-refractivity contribution in [3.8, 4) is 5.75 Å². The molecule has 1 fully saturated rings. The number of ether oxygens (including phenoxy) is 1. The molecule has 27 heavy (non-hydrogen) atoms. The van der Waals surface area contributed by atoms with Crippen LogP contribution in [0.15, 0.2) is 41.0 Å². The maximum Gasteiger partial charge on any atom is 0.191 e. The van der Waals surface area contributed by atoms with E-state index in [1.807, 2.05) is 29.9 Å². The summed E-state index contributed by atoms with van der Waals surface area (Å²) in [5.74, 6) is 1.51.